The minimum atomic E-state index is -1.06. The Morgan fingerprint density at radius 3 is 2.55 bits per heavy atom. The summed E-state index contributed by atoms with van der Waals surface area (Å²) in [4.78, 5) is 57.5. The molecule has 2 heterocycles. The Morgan fingerprint density at radius 1 is 1.26 bits per heavy atom. The number of nitrogens with zero attached hydrogens (tertiary/aromatic N) is 2. The molecule has 0 aliphatic carbocycles. The van der Waals surface area contributed by atoms with Gasteiger partial charge >= 0.3 is 5.97 Å². The molecule has 0 saturated carbocycles. The van der Waals surface area contributed by atoms with Crippen molar-refractivity contribution in [2.45, 2.75) is 70.6 Å². The number of likely N-dealkylation sites (tertiary alicyclic amines) is 1. The normalized spacial score (nSPS) is 19.0. The van der Waals surface area contributed by atoms with E-state index in [2.05, 4.69) is 20.6 Å². The third-order valence-corrected chi connectivity index (χ3v) is 5.22. The number of carbonyl (C=O) groups excluding carboxylic acids is 3. The Bertz CT molecular complexity index is 781. The lowest BCUT2D eigenvalue weighted by Crippen LogP contribution is -2.57. The maximum Gasteiger partial charge on any atom is 0.326 e. The first-order chi connectivity index (χ1) is 14.6. The molecule has 1 saturated heterocycles. The largest absolute Gasteiger partial charge is 0.480 e. The Kier molecular flexibility index (Phi) is 8.55. The summed E-state index contributed by atoms with van der Waals surface area (Å²) in [6.07, 6.45) is 4.57. The van der Waals surface area contributed by atoms with Gasteiger partial charge in [0.15, 0.2) is 0 Å². The number of carboxylic acids is 1. The molecular formula is C20H32N6O5. The van der Waals surface area contributed by atoms with Gasteiger partial charge in [0, 0.05) is 24.9 Å². The van der Waals surface area contributed by atoms with Crippen molar-refractivity contribution in [3.63, 3.8) is 0 Å². The van der Waals surface area contributed by atoms with E-state index in [0.717, 1.165) is 0 Å². The molecule has 31 heavy (non-hydrogen) atoms. The van der Waals surface area contributed by atoms with Gasteiger partial charge in [-0.05, 0) is 32.1 Å². The Morgan fingerprint density at radius 2 is 1.97 bits per heavy atom. The highest BCUT2D eigenvalue weighted by Crippen LogP contribution is 2.18. The fraction of sp³-hybridized carbons (Fsp3) is 0.650. The summed E-state index contributed by atoms with van der Waals surface area (Å²) in [5, 5.41) is 14.6. The second kappa shape index (κ2) is 10.9. The maximum atomic E-state index is 12.9. The van der Waals surface area contributed by atoms with E-state index in [1.165, 1.54) is 24.3 Å². The molecule has 1 fully saturated rings. The highest BCUT2D eigenvalue weighted by molar-refractivity contribution is 5.94. The lowest BCUT2D eigenvalue weighted by atomic mass is 10.0. The van der Waals surface area contributed by atoms with Gasteiger partial charge in [-0.3, -0.25) is 14.4 Å². The number of hydrogen-bond donors (Lipinski definition) is 5. The number of H-pyrrole nitrogens is 1. The van der Waals surface area contributed by atoms with E-state index in [9.17, 15) is 24.3 Å². The molecule has 11 heteroatoms. The minimum Gasteiger partial charge on any atom is -0.480 e. The minimum absolute atomic E-state index is 0.133. The summed E-state index contributed by atoms with van der Waals surface area (Å²) in [5.41, 5.74) is 6.56. The average molecular weight is 437 g/mol. The molecule has 6 N–H and O–H groups in total. The zero-order valence-corrected chi connectivity index (χ0v) is 18.1. The van der Waals surface area contributed by atoms with Crippen LogP contribution in [-0.4, -0.2) is 74.4 Å². The second-order valence-corrected chi connectivity index (χ2v) is 8.34. The summed E-state index contributed by atoms with van der Waals surface area (Å²) in [7, 11) is 0. The van der Waals surface area contributed by atoms with E-state index in [-0.39, 0.29) is 12.3 Å². The fourth-order valence-corrected chi connectivity index (χ4v) is 3.63. The summed E-state index contributed by atoms with van der Waals surface area (Å²) >= 11 is 0. The molecule has 0 bridgehead atoms. The van der Waals surface area contributed by atoms with Crippen molar-refractivity contribution in [3.8, 4) is 0 Å². The van der Waals surface area contributed by atoms with Crippen LogP contribution < -0.4 is 16.4 Å². The number of aromatic amines is 1. The van der Waals surface area contributed by atoms with Crippen LogP contribution in [0.3, 0.4) is 0 Å². The monoisotopic (exact) mass is 436 g/mol. The zero-order valence-electron chi connectivity index (χ0n) is 18.1. The molecule has 172 valence electrons. The molecule has 1 aliphatic rings. The van der Waals surface area contributed by atoms with E-state index < -0.39 is 47.9 Å². The molecule has 11 nitrogen and oxygen atoms in total. The molecule has 0 spiro atoms. The van der Waals surface area contributed by atoms with E-state index in [0.29, 0.717) is 31.5 Å². The van der Waals surface area contributed by atoms with Gasteiger partial charge in [-0.15, -0.1) is 0 Å². The van der Waals surface area contributed by atoms with E-state index in [1.54, 1.807) is 0 Å². The number of aliphatic carboxylic acids is 1. The lowest BCUT2D eigenvalue weighted by molar-refractivity contribution is -0.149. The van der Waals surface area contributed by atoms with Gasteiger partial charge in [0.1, 0.15) is 18.1 Å². The fourth-order valence-electron chi connectivity index (χ4n) is 3.63. The SMILES string of the molecule is CC(C)CC(N)C(=O)NC(Cc1cnc[nH]1)C(=O)NC(C)C(=O)N1CCCC1C(=O)O. The highest BCUT2D eigenvalue weighted by Gasteiger charge is 2.37. The van der Waals surface area contributed by atoms with Crippen molar-refractivity contribution in [3.05, 3.63) is 18.2 Å². The van der Waals surface area contributed by atoms with Gasteiger partial charge in [0.05, 0.1) is 12.4 Å². The molecule has 4 unspecified atom stereocenters. The number of rotatable bonds is 10. The number of nitrogens with one attached hydrogen (secondary N) is 3. The third kappa shape index (κ3) is 6.78. The van der Waals surface area contributed by atoms with E-state index in [1.807, 2.05) is 13.8 Å². The number of imidazole rings is 1. The van der Waals surface area contributed by atoms with E-state index in [4.69, 9.17) is 5.73 Å². The Hall–Kier alpha value is -2.95. The zero-order chi connectivity index (χ0) is 23.1. The van der Waals surface area contributed by atoms with Crippen molar-refractivity contribution < 1.29 is 24.3 Å². The van der Waals surface area contributed by atoms with Gasteiger partial charge in [-0.2, -0.15) is 0 Å². The van der Waals surface area contributed by atoms with Gasteiger partial charge in [0.25, 0.3) is 0 Å². The molecule has 2 rings (SSSR count). The molecule has 4 atom stereocenters. The quantitative estimate of drug-likeness (QED) is 0.326. The topological polar surface area (TPSA) is 171 Å². The molecule has 0 radical (unpaired) electrons. The van der Waals surface area contributed by atoms with Gasteiger partial charge in [-0.1, -0.05) is 13.8 Å². The molecule has 1 aromatic rings. The summed E-state index contributed by atoms with van der Waals surface area (Å²) in [6, 6.07) is -3.58. The Labute approximate surface area is 181 Å². The van der Waals surface area contributed by atoms with Crippen molar-refractivity contribution in [2.24, 2.45) is 11.7 Å². The summed E-state index contributed by atoms with van der Waals surface area (Å²) in [5.74, 6) is -2.35. The first kappa shape index (κ1) is 24.3. The maximum absolute atomic E-state index is 12.9. The van der Waals surface area contributed by atoms with E-state index >= 15 is 0 Å². The molecular weight excluding hydrogens is 404 g/mol. The van der Waals surface area contributed by atoms with Crippen LogP contribution in [0.25, 0.3) is 0 Å². The van der Waals surface area contributed by atoms with Crippen LogP contribution in [0.15, 0.2) is 12.5 Å². The number of hydrogen-bond acceptors (Lipinski definition) is 6. The third-order valence-electron chi connectivity index (χ3n) is 5.22. The number of amides is 3. The molecule has 3 amide bonds. The first-order valence-corrected chi connectivity index (χ1v) is 10.5. The van der Waals surface area contributed by atoms with Crippen LogP contribution in [0.1, 0.15) is 45.7 Å². The van der Waals surface area contributed by atoms with Crippen molar-refractivity contribution in [1.82, 2.24) is 25.5 Å². The van der Waals surface area contributed by atoms with Crippen LogP contribution in [0, 0.1) is 5.92 Å². The van der Waals surface area contributed by atoms with Gasteiger partial charge < -0.3 is 31.4 Å². The number of carboxylic acid groups (broad SMARTS) is 1. The lowest BCUT2D eigenvalue weighted by Gasteiger charge is -2.27. The van der Waals surface area contributed by atoms with Crippen LogP contribution >= 0.6 is 0 Å². The Balaban J connectivity index is 2.06. The molecule has 1 aliphatic heterocycles. The van der Waals surface area contributed by atoms with Crippen molar-refractivity contribution >= 4 is 23.7 Å². The summed E-state index contributed by atoms with van der Waals surface area (Å²) in [6.45, 7) is 5.71. The number of aromatic nitrogens is 2. The summed E-state index contributed by atoms with van der Waals surface area (Å²) < 4.78 is 0. The van der Waals surface area contributed by atoms with Gasteiger partial charge in [-0.25, -0.2) is 9.78 Å². The van der Waals surface area contributed by atoms with Crippen molar-refractivity contribution in [1.29, 1.82) is 0 Å². The van der Waals surface area contributed by atoms with Crippen LogP contribution in [0.2, 0.25) is 0 Å². The van der Waals surface area contributed by atoms with Gasteiger partial charge in [0.2, 0.25) is 17.7 Å². The molecule has 1 aromatic heterocycles. The smallest absolute Gasteiger partial charge is 0.326 e. The second-order valence-electron chi connectivity index (χ2n) is 8.34. The van der Waals surface area contributed by atoms with Crippen LogP contribution in [-0.2, 0) is 25.6 Å². The average Bonchev–Trinajstić information content (AvgIpc) is 3.37. The van der Waals surface area contributed by atoms with Crippen molar-refractivity contribution in [2.75, 3.05) is 6.54 Å². The predicted molar refractivity (Wildman–Crippen MR) is 112 cm³/mol. The van der Waals surface area contributed by atoms with Crippen LogP contribution in [0.5, 0.6) is 0 Å². The predicted octanol–water partition coefficient (Wildman–Crippen LogP) is -0.609. The molecule has 0 aromatic carbocycles. The standard InChI is InChI=1S/C20H32N6O5/c1-11(2)7-14(21)17(27)25-15(8-13-9-22-10-23-13)18(28)24-12(3)19(29)26-6-4-5-16(26)20(30)31/h9-12,14-16H,4-8,21H2,1-3H3,(H,22,23)(H,24,28)(H,25,27)(H,30,31). The first-order valence-electron chi connectivity index (χ1n) is 10.5. The highest BCUT2D eigenvalue weighted by atomic mass is 16.4. The van der Waals surface area contributed by atoms with Crippen LogP contribution in [0.4, 0.5) is 0 Å². The number of carbonyl (C=O) groups is 4. The number of nitrogens with two attached hydrogens (primary N) is 1.